The fraction of sp³-hybridized carbons (Fsp3) is 0.382. The first kappa shape index (κ1) is 34.2. The number of nitrogens with zero attached hydrogens (tertiary/aromatic N) is 4. The third-order valence-electron chi connectivity index (χ3n) is 7.78. The van der Waals surface area contributed by atoms with E-state index >= 15 is 0 Å². The first-order valence-electron chi connectivity index (χ1n) is 15.5. The Morgan fingerprint density at radius 2 is 1.90 bits per heavy atom. The van der Waals surface area contributed by atoms with Crippen molar-refractivity contribution in [3.8, 4) is 11.7 Å². The van der Waals surface area contributed by atoms with Crippen LogP contribution in [-0.2, 0) is 29.0 Å². The Kier molecular flexibility index (Phi) is 10.0. The van der Waals surface area contributed by atoms with Gasteiger partial charge in [-0.1, -0.05) is 47.5 Å². The highest BCUT2D eigenvalue weighted by molar-refractivity contribution is 7.93. The minimum Gasteiger partial charge on any atom is -0.468 e. The van der Waals surface area contributed by atoms with Crippen molar-refractivity contribution in [3.63, 3.8) is 0 Å². The lowest BCUT2D eigenvalue weighted by molar-refractivity contribution is -0.226. The number of rotatable bonds is 9. The number of fused-ring (bicyclic) bond motifs is 1. The van der Waals surface area contributed by atoms with Crippen LogP contribution >= 0.6 is 23.2 Å². The summed E-state index contributed by atoms with van der Waals surface area (Å²) in [6, 6.07) is 6.91. The molecule has 0 bridgehead atoms. The van der Waals surface area contributed by atoms with E-state index in [1.165, 1.54) is 18.3 Å². The topological polar surface area (TPSA) is 122 Å². The molecule has 11 nitrogen and oxygen atoms in total. The van der Waals surface area contributed by atoms with Gasteiger partial charge in [-0.05, 0) is 63.6 Å². The quantitative estimate of drug-likeness (QED) is 0.240. The van der Waals surface area contributed by atoms with Crippen molar-refractivity contribution in [1.82, 2.24) is 14.5 Å². The number of allylic oxidation sites excluding steroid dienone is 6. The van der Waals surface area contributed by atoms with Gasteiger partial charge in [0.05, 0.1) is 36.8 Å². The van der Waals surface area contributed by atoms with E-state index in [2.05, 4.69) is 22.1 Å². The van der Waals surface area contributed by atoms with Gasteiger partial charge in [0.25, 0.3) is 0 Å². The van der Waals surface area contributed by atoms with Crippen LogP contribution in [-0.4, -0.2) is 71.9 Å². The predicted molar refractivity (Wildman–Crippen MR) is 184 cm³/mol. The molecule has 1 saturated heterocycles. The molecule has 48 heavy (non-hydrogen) atoms. The Labute approximate surface area is 289 Å². The highest BCUT2D eigenvalue weighted by Crippen LogP contribution is 2.33. The van der Waals surface area contributed by atoms with Crippen LogP contribution < -0.4 is 9.04 Å². The number of ether oxygens (including phenoxy) is 4. The molecule has 0 saturated carbocycles. The van der Waals surface area contributed by atoms with E-state index in [1.54, 1.807) is 51.4 Å². The smallest absolute Gasteiger partial charge is 0.327 e. The molecule has 0 amide bonds. The maximum absolute atomic E-state index is 14.0. The molecule has 2 aromatic heterocycles. The Balaban J connectivity index is 1.19. The second-order valence-corrected chi connectivity index (χ2v) is 15.7. The number of halogens is 2. The number of aromatic nitrogens is 3. The van der Waals surface area contributed by atoms with Gasteiger partial charge in [-0.25, -0.2) is 18.4 Å². The van der Waals surface area contributed by atoms with Gasteiger partial charge >= 0.3 is 5.97 Å². The Morgan fingerprint density at radius 3 is 2.56 bits per heavy atom. The van der Waals surface area contributed by atoms with Gasteiger partial charge in [0.1, 0.15) is 23.5 Å². The predicted octanol–water partition coefficient (Wildman–Crippen LogP) is 6.17. The van der Waals surface area contributed by atoms with E-state index in [-0.39, 0.29) is 35.5 Å². The standard InChI is InChI=1S/C34H36Cl2N4O7S/c1-34(2,3)47-32(41)19-40(48(42,43)28-15-24(35)14-25(36)16-28)26-9-10-29-23(13-26)11-12-39(29)30-17-38-31(18-37-30)46-27-20-44-33(45-21-27)22-7-5-4-6-8-22/h4-7,9-15,17-18,22,27-28,33H,8,16,19-21H2,1-3H3/t22?,27-,28?,33-. The molecule has 2 unspecified atom stereocenters. The average molecular weight is 716 g/mol. The zero-order chi connectivity index (χ0) is 34.1. The van der Waals surface area contributed by atoms with Crippen molar-refractivity contribution in [1.29, 1.82) is 0 Å². The molecule has 14 heteroatoms. The van der Waals surface area contributed by atoms with Crippen LogP contribution in [0.4, 0.5) is 5.69 Å². The average Bonchev–Trinajstić information content (AvgIpc) is 3.47. The number of hydrogen-bond donors (Lipinski definition) is 0. The molecule has 254 valence electrons. The van der Waals surface area contributed by atoms with Crippen LogP contribution in [0.1, 0.15) is 33.6 Å². The molecule has 1 aromatic carbocycles. The number of hydrogen-bond acceptors (Lipinski definition) is 9. The Bertz CT molecular complexity index is 1890. The van der Waals surface area contributed by atoms with Crippen molar-refractivity contribution in [2.75, 3.05) is 24.1 Å². The summed E-state index contributed by atoms with van der Waals surface area (Å²) in [5.74, 6) is 0.354. The normalized spacial score (nSPS) is 23.0. The molecule has 1 fully saturated rings. The maximum Gasteiger partial charge on any atom is 0.327 e. The number of carbonyl (C=O) groups is 1. The number of carbonyl (C=O) groups excluding carboxylic acids is 1. The summed E-state index contributed by atoms with van der Waals surface area (Å²) in [4.78, 5) is 21.9. The third-order valence-corrected chi connectivity index (χ3v) is 10.3. The van der Waals surface area contributed by atoms with Crippen LogP contribution in [0.15, 0.2) is 89.4 Å². The fourth-order valence-corrected chi connectivity index (χ4v) is 8.14. The van der Waals surface area contributed by atoms with Gasteiger partial charge in [0, 0.05) is 34.0 Å². The number of anilines is 1. The summed E-state index contributed by atoms with van der Waals surface area (Å²) in [6.45, 7) is 5.37. The lowest BCUT2D eigenvalue weighted by Crippen LogP contribution is -2.43. The van der Waals surface area contributed by atoms with E-state index in [1.807, 2.05) is 22.8 Å². The monoisotopic (exact) mass is 714 g/mol. The Hall–Kier alpha value is -3.68. The first-order valence-corrected chi connectivity index (χ1v) is 17.8. The summed E-state index contributed by atoms with van der Waals surface area (Å²) in [6.07, 6.45) is 16.3. The molecular weight excluding hydrogens is 679 g/mol. The maximum atomic E-state index is 14.0. The SMILES string of the molecule is CC(C)(C)OC(=O)CN(c1ccc2c(ccn2-c2cnc(O[C@H]3CO[C@H](C4C=CC=CC4)OC3)cn2)c1)S(=O)(=O)C1C=C(Cl)C=C(Cl)C1. The van der Waals surface area contributed by atoms with Gasteiger partial charge in [0.2, 0.25) is 15.9 Å². The molecule has 6 rings (SSSR count). The van der Waals surface area contributed by atoms with E-state index in [4.69, 9.17) is 42.1 Å². The van der Waals surface area contributed by atoms with Crippen LogP contribution in [0.25, 0.3) is 16.7 Å². The zero-order valence-electron chi connectivity index (χ0n) is 26.7. The van der Waals surface area contributed by atoms with Gasteiger partial charge in [-0.15, -0.1) is 0 Å². The molecule has 0 spiro atoms. The second-order valence-electron chi connectivity index (χ2n) is 12.7. The van der Waals surface area contributed by atoms with Gasteiger partial charge in [-0.2, -0.15) is 0 Å². The molecule has 0 N–H and O–H groups in total. The van der Waals surface area contributed by atoms with E-state index in [0.29, 0.717) is 35.3 Å². The molecule has 0 radical (unpaired) electrons. The van der Waals surface area contributed by atoms with Crippen LogP contribution in [0, 0.1) is 5.92 Å². The van der Waals surface area contributed by atoms with Crippen molar-refractivity contribution in [3.05, 3.63) is 89.4 Å². The van der Waals surface area contributed by atoms with Crippen LogP contribution in [0.3, 0.4) is 0 Å². The molecule has 2 aliphatic carbocycles. The number of benzene rings is 1. The molecule has 3 aromatic rings. The summed E-state index contributed by atoms with van der Waals surface area (Å²) in [5.41, 5.74) is 0.224. The van der Waals surface area contributed by atoms with Crippen molar-refractivity contribution in [2.45, 2.75) is 56.9 Å². The lowest BCUT2D eigenvalue weighted by Gasteiger charge is -2.33. The summed E-state index contributed by atoms with van der Waals surface area (Å²) in [7, 11) is -4.15. The Morgan fingerprint density at radius 1 is 1.10 bits per heavy atom. The first-order chi connectivity index (χ1) is 22.9. The fourth-order valence-electron chi connectivity index (χ4n) is 5.63. The minimum atomic E-state index is -4.15. The summed E-state index contributed by atoms with van der Waals surface area (Å²) >= 11 is 12.4. The van der Waals surface area contributed by atoms with E-state index < -0.39 is 33.4 Å². The van der Waals surface area contributed by atoms with Gasteiger partial charge in [-0.3, -0.25) is 13.7 Å². The zero-order valence-corrected chi connectivity index (χ0v) is 29.0. The van der Waals surface area contributed by atoms with Crippen molar-refractivity contribution >= 4 is 55.8 Å². The second kappa shape index (κ2) is 14.0. The minimum absolute atomic E-state index is 0.0269. The van der Waals surface area contributed by atoms with E-state index in [9.17, 15) is 13.2 Å². The lowest BCUT2D eigenvalue weighted by atomic mass is 10.00. The highest BCUT2D eigenvalue weighted by atomic mass is 35.5. The van der Waals surface area contributed by atoms with Gasteiger partial charge < -0.3 is 18.9 Å². The number of sulfonamides is 1. The molecule has 3 heterocycles. The molecular formula is C34H36Cl2N4O7S. The molecule has 2 atom stereocenters. The summed E-state index contributed by atoms with van der Waals surface area (Å²) in [5, 5.41) is 0.156. The van der Waals surface area contributed by atoms with Gasteiger partial charge in [0.15, 0.2) is 12.1 Å². The van der Waals surface area contributed by atoms with Crippen molar-refractivity contribution in [2.24, 2.45) is 5.92 Å². The number of esters is 1. The highest BCUT2D eigenvalue weighted by Gasteiger charge is 2.36. The molecule has 1 aliphatic heterocycles. The largest absolute Gasteiger partial charge is 0.468 e. The van der Waals surface area contributed by atoms with Crippen molar-refractivity contribution < 1.29 is 32.2 Å². The summed E-state index contributed by atoms with van der Waals surface area (Å²) < 4.78 is 54.1. The third kappa shape index (κ3) is 7.95. The van der Waals surface area contributed by atoms with Crippen LogP contribution in [0.5, 0.6) is 5.88 Å². The molecule has 3 aliphatic rings. The van der Waals surface area contributed by atoms with E-state index in [0.717, 1.165) is 16.2 Å². The van der Waals surface area contributed by atoms with Crippen LogP contribution in [0.2, 0.25) is 0 Å².